The van der Waals surface area contributed by atoms with E-state index in [1.807, 2.05) is 12.1 Å². The van der Waals surface area contributed by atoms with Crippen molar-refractivity contribution in [3.63, 3.8) is 0 Å². The Morgan fingerprint density at radius 1 is 1.19 bits per heavy atom. The van der Waals surface area contributed by atoms with Crippen LogP contribution in [0.1, 0.15) is 26.2 Å². The number of nitrogens with one attached hydrogen (secondary N) is 1. The molecule has 32 heavy (non-hydrogen) atoms. The Balaban J connectivity index is 1.19. The molecule has 0 spiro atoms. The Hall–Kier alpha value is -1.93. The van der Waals surface area contributed by atoms with Crippen LogP contribution in [-0.2, 0) is 9.53 Å². The van der Waals surface area contributed by atoms with Gasteiger partial charge in [0.2, 0.25) is 5.91 Å². The summed E-state index contributed by atoms with van der Waals surface area (Å²) >= 11 is 6.65. The lowest BCUT2D eigenvalue weighted by molar-refractivity contribution is -0.158. The molecular formula is C24H29ClN4O3. The molecule has 1 amide bonds. The Morgan fingerprint density at radius 2 is 1.94 bits per heavy atom. The molecule has 8 heteroatoms. The summed E-state index contributed by atoms with van der Waals surface area (Å²) in [6.07, 6.45) is 4.41. The first kappa shape index (κ1) is 20.7. The summed E-state index contributed by atoms with van der Waals surface area (Å²) < 4.78 is 5.52. The van der Waals surface area contributed by atoms with Gasteiger partial charge in [-0.25, -0.2) is 4.98 Å². The Bertz CT molecular complexity index is 1070. The summed E-state index contributed by atoms with van der Waals surface area (Å²) in [7, 11) is 0. The number of fused-ring (bicyclic) bond motifs is 1. The van der Waals surface area contributed by atoms with Crippen LogP contribution in [0.5, 0.6) is 0 Å². The summed E-state index contributed by atoms with van der Waals surface area (Å²) in [4.78, 5) is 21.7. The second-order valence-electron chi connectivity index (χ2n) is 10.3. The van der Waals surface area contributed by atoms with Gasteiger partial charge in [0.05, 0.1) is 41.0 Å². The van der Waals surface area contributed by atoms with E-state index in [1.165, 1.54) is 0 Å². The molecule has 7 nitrogen and oxygen atoms in total. The molecule has 0 radical (unpaired) electrons. The van der Waals surface area contributed by atoms with Crippen molar-refractivity contribution < 1.29 is 14.6 Å². The second kappa shape index (κ2) is 7.29. The van der Waals surface area contributed by atoms with Gasteiger partial charge in [0.25, 0.3) is 0 Å². The van der Waals surface area contributed by atoms with Crippen LogP contribution in [0, 0.1) is 11.3 Å². The maximum Gasteiger partial charge on any atom is 0.231 e. The standard InChI is InChI=1S/C24H29ClN4O3/c1-23(14-32-13-20(23)30)29-4-2-28(3-5-29)19-7-16-8-21(26-12-17(16)6-18(19)25)27-22(31)24-9-15(10-24)11-24/h6-8,12,15,20,30H,2-5,9-11,13-14H2,1H3,(H,26,27,31)/t15?,20-,23+,24?/m1/s1. The van der Waals surface area contributed by atoms with Crippen molar-refractivity contribution in [1.29, 1.82) is 0 Å². The van der Waals surface area contributed by atoms with Crippen molar-refractivity contribution in [2.45, 2.75) is 37.8 Å². The molecule has 2 aliphatic heterocycles. The molecule has 3 heterocycles. The maximum absolute atomic E-state index is 12.6. The lowest BCUT2D eigenvalue weighted by Crippen LogP contribution is -2.60. The van der Waals surface area contributed by atoms with Crippen molar-refractivity contribution in [1.82, 2.24) is 9.88 Å². The van der Waals surface area contributed by atoms with Crippen LogP contribution in [-0.4, -0.2) is 71.9 Å². The van der Waals surface area contributed by atoms with Gasteiger partial charge in [0, 0.05) is 37.8 Å². The largest absolute Gasteiger partial charge is 0.389 e. The van der Waals surface area contributed by atoms with Gasteiger partial charge in [-0.3, -0.25) is 9.69 Å². The number of pyridine rings is 1. The summed E-state index contributed by atoms with van der Waals surface area (Å²) in [6, 6.07) is 6.00. The number of ether oxygens (including phenoxy) is 1. The molecule has 1 aromatic heterocycles. The van der Waals surface area contributed by atoms with Crippen LogP contribution in [0.15, 0.2) is 24.4 Å². The van der Waals surface area contributed by atoms with Crippen LogP contribution in [0.2, 0.25) is 5.02 Å². The monoisotopic (exact) mass is 456 g/mol. The number of rotatable bonds is 4. The number of anilines is 2. The third-order valence-corrected chi connectivity index (χ3v) is 8.58. The van der Waals surface area contributed by atoms with E-state index in [2.05, 4.69) is 33.1 Å². The van der Waals surface area contributed by atoms with Gasteiger partial charge in [-0.2, -0.15) is 0 Å². The second-order valence-corrected chi connectivity index (χ2v) is 10.7. The molecule has 3 aliphatic carbocycles. The number of carbonyl (C=O) groups excluding carboxylic acids is 1. The van der Waals surface area contributed by atoms with Crippen molar-refractivity contribution in [3.05, 3.63) is 29.4 Å². The zero-order valence-electron chi connectivity index (χ0n) is 18.3. The third-order valence-electron chi connectivity index (χ3n) is 8.28. The van der Waals surface area contributed by atoms with E-state index >= 15 is 0 Å². The molecule has 170 valence electrons. The van der Waals surface area contributed by atoms with Crippen LogP contribution in [0.25, 0.3) is 10.8 Å². The topological polar surface area (TPSA) is 77.9 Å². The van der Waals surface area contributed by atoms with Crippen molar-refractivity contribution in [2.75, 3.05) is 49.6 Å². The van der Waals surface area contributed by atoms with E-state index in [4.69, 9.17) is 16.3 Å². The van der Waals surface area contributed by atoms with Gasteiger partial charge in [0.15, 0.2) is 0 Å². The molecule has 5 fully saturated rings. The molecule has 3 saturated carbocycles. The highest BCUT2D eigenvalue weighted by Crippen LogP contribution is 2.64. The van der Waals surface area contributed by atoms with Gasteiger partial charge >= 0.3 is 0 Å². The van der Waals surface area contributed by atoms with E-state index in [0.717, 1.165) is 67.8 Å². The average molecular weight is 457 g/mol. The number of aliphatic hydroxyl groups is 1. The van der Waals surface area contributed by atoms with E-state index < -0.39 is 6.10 Å². The highest BCUT2D eigenvalue weighted by molar-refractivity contribution is 6.34. The molecule has 1 aromatic carbocycles. The summed E-state index contributed by atoms with van der Waals surface area (Å²) in [5.74, 6) is 1.49. The smallest absolute Gasteiger partial charge is 0.231 e. The maximum atomic E-state index is 12.6. The number of aromatic nitrogens is 1. The first-order chi connectivity index (χ1) is 15.4. The molecule has 2 N–H and O–H groups in total. The summed E-state index contributed by atoms with van der Waals surface area (Å²) in [6.45, 7) is 6.38. The molecule has 2 bridgehead atoms. The fourth-order valence-electron chi connectivity index (χ4n) is 5.88. The summed E-state index contributed by atoms with van der Waals surface area (Å²) in [5, 5.41) is 16.1. The molecule has 7 rings (SSSR count). The molecule has 0 unspecified atom stereocenters. The third kappa shape index (κ3) is 3.13. The molecule has 2 atom stereocenters. The van der Waals surface area contributed by atoms with Gasteiger partial charge in [-0.05, 0) is 55.7 Å². The quantitative estimate of drug-likeness (QED) is 0.736. The fourth-order valence-corrected chi connectivity index (χ4v) is 6.17. The van der Waals surface area contributed by atoms with Gasteiger partial charge in [-0.15, -0.1) is 0 Å². The summed E-state index contributed by atoms with van der Waals surface area (Å²) in [5.41, 5.74) is 0.550. The molecule has 2 saturated heterocycles. The number of benzene rings is 1. The molecular weight excluding hydrogens is 428 g/mol. The fraction of sp³-hybridized carbons (Fsp3) is 0.583. The minimum atomic E-state index is -0.454. The number of hydrogen-bond acceptors (Lipinski definition) is 6. The Labute approximate surface area is 192 Å². The zero-order chi connectivity index (χ0) is 22.1. The van der Waals surface area contributed by atoms with E-state index in [1.54, 1.807) is 6.20 Å². The molecule has 2 aromatic rings. The first-order valence-corrected chi connectivity index (χ1v) is 11.9. The van der Waals surface area contributed by atoms with E-state index in [9.17, 15) is 9.90 Å². The van der Waals surface area contributed by atoms with Crippen LogP contribution < -0.4 is 10.2 Å². The SMILES string of the molecule is C[C@]1(N2CCN(c3cc4cc(NC(=O)C56CC(C5)C6)ncc4cc3Cl)CC2)COC[C@H]1O. The minimum absolute atomic E-state index is 0.115. The minimum Gasteiger partial charge on any atom is -0.389 e. The lowest BCUT2D eigenvalue weighted by Gasteiger charge is -2.59. The molecule has 5 aliphatic rings. The van der Waals surface area contributed by atoms with E-state index in [-0.39, 0.29) is 16.9 Å². The number of hydrogen-bond donors (Lipinski definition) is 2. The van der Waals surface area contributed by atoms with E-state index in [0.29, 0.717) is 24.1 Å². The van der Waals surface area contributed by atoms with Crippen molar-refractivity contribution >= 4 is 39.8 Å². The number of nitrogens with zero attached hydrogens (tertiary/aromatic N) is 3. The van der Waals surface area contributed by atoms with Crippen LogP contribution in [0.4, 0.5) is 11.5 Å². The zero-order valence-corrected chi connectivity index (χ0v) is 19.1. The number of aliphatic hydroxyl groups excluding tert-OH is 1. The van der Waals surface area contributed by atoms with Gasteiger partial charge in [0.1, 0.15) is 5.82 Å². The first-order valence-electron chi connectivity index (χ1n) is 11.5. The predicted octanol–water partition coefficient (Wildman–Crippen LogP) is 2.90. The van der Waals surface area contributed by atoms with Gasteiger partial charge in [-0.1, -0.05) is 11.6 Å². The van der Waals surface area contributed by atoms with Gasteiger partial charge < -0.3 is 20.1 Å². The Morgan fingerprint density at radius 3 is 2.56 bits per heavy atom. The highest BCUT2D eigenvalue weighted by Gasteiger charge is 2.61. The van der Waals surface area contributed by atoms with Crippen molar-refractivity contribution in [3.8, 4) is 0 Å². The van der Waals surface area contributed by atoms with Crippen LogP contribution in [0.3, 0.4) is 0 Å². The lowest BCUT2D eigenvalue weighted by atomic mass is 9.44. The van der Waals surface area contributed by atoms with Crippen molar-refractivity contribution in [2.24, 2.45) is 11.3 Å². The number of carbonyl (C=O) groups is 1. The number of amides is 1. The predicted molar refractivity (Wildman–Crippen MR) is 124 cm³/mol. The average Bonchev–Trinajstić information content (AvgIpc) is 3.05. The normalized spacial score (nSPS) is 34.3. The van der Waals surface area contributed by atoms with Crippen LogP contribution >= 0.6 is 11.6 Å². The highest BCUT2D eigenvalue weighted by atomic mass is 35.5. The number of piperazine rings is 1. The number of halogens is 1. The Kier molecular flexibility index (Phi) is 4.70.